The van der Waals surface area contributed by atoms with Gasteiger partial charge in [0, 0.05) is 37.9 Å². The number of rotatable bonds is 8. The van der Waals surface area contributed by atoms with Gasteiger partial charge in [0.15, 0.2) is 11.5 Å². The molecule has 0 saturated carbocycles. The minimum absolute atomic E-state index is 0.0832. The Labute approximate surface area is 179 Å². The first-order valence-corrected chi connectivity index (χ1v) is 10.7. The lowest BCUT2D eigenvalue weighted by Gasteiger charge is -2.37. The van der Waals surface area contributed by atoms with Gasteiger partial charge in [0.05, 0.1) is 26.0 Å². The first-order chi connectivity index (χ1) is 14.4. The van der Waals surface area contributed by atoms with Crippen molar-refractivity contribution in [3.05, 3.63) is 41.7 Å². The number of benzene rings is 1. The van der Waals surface area contributed by atoms with Crippen molar-refractivity contribution in [2.24, 2.45) is 0 Å². The average molecular weight is 415 g/mol. The predicted octanol–water partition coefficient (Wildman–Crippen LogP) is 3.26. The van der Waals surface area contributed by atoms with Crippen LogP contribution in [-0.2, 0) is 6.42 Å². The fraction of sp³-hybridized carbons (Fsp3) is 0.565. The average Bonchev–Trinajstić information content (AvgIpc) is 3.27. The summed E-state index contributed by atoms with van der Waals surface area (Å²) in [5.41, 5.74) is 1.89. The van der Waals surface area contributed by atoms with E-state index >= 15 is 0 Å². The van der Waals surface area contributed by atoms with E-state index in [-0.39, 0.29) is 11.9 Å². The van der Waals surface area contributed by atoms with Crippen LogP contribution in [-0.4, -0.2) is 72.4 Å². The van der Waals surface area contributed by atoms with Crippen LogP contribution in [0.2, 0.25) is 0 Å². The van der Waals surface area contributed by atoms with Crippen molar-refractivity contribution in [2.45, 2.75) is 45.2 Å². The van der Waals surface area contributed by atoms with Gasteiger partial charge in [0.25, 0.3) is 5.91 Å². The number of aromatic nitrogens is 2. The standard InChI is InChI=1S/C23H34N4O3/c1-17(2)27-15-19(14-24-27)23(28)26-11-6-7-20(16-26)25(3)12-10-18-8-9-21(29-4)22(13-18)30-5/h8-9,13-15,17,20H,6-7,10-12,16H2,1-5H3/t20-/m0/s1. The van der Waals surface area contributed by atoms with Gasteiger partial charge in [-0.05, 0) is 57.9 Å². The molecule has 7 heteroatoms. The van der Waals surface area contributed by atoms with Crippen molar-refractivity contribution in [1.82, 2.24) is 19.6 Å². The molecule has 1 aliphatic heterocycles. The van der Waals surface area contributed by atoms with Gasteiger partial charge in [-0.2, -0.15) is 5.10 Å². The van der Waals surface area contributed by atoms with Crippen LogP contribution >= 0.6 is 0 Å². The van der Waals surface area contributed by atoms with E-state index in [4.69, 9.17) is 9.47 Å². The number of hydrogen-bond donors (Lipinski definition) is 0. The third kappa shape index (κ3) is 5.14. The number of carbonyl (C=O) groups is 1. The van der Waals surface area contributed by atoms with Gasteiger partial charge in [0.1, 0.15) is 0 Å². The molecule has 2 aromatic rings. The minimum Gasteiger partial charge on any atom is -0.493 e. The topological polar surface area (TPSA) is 59.8 Å². The summed E-state index contributed by atoms with van der Waals surface area (Å²) in [5, 5.41) is 4.31. The Hall–Kier alpha value is -2.54. The van der Waals surface area contributed by atoms with Crippen LogP contribution < -0.4 is 9.47 Å². The number of amides is 1. The molecule has 164 valence electrons. The van der Waals surface area contributed by atoms with Crippen LogP contribution in [0, 0.1) is 0 Å². The SMILES string of the molecule is COc1ccc(CCN(C)[C@H]2CCCN(C(=O)c3cnn(C(C)C)c3)C2)cc1OC. The van der Waals surface area contributed by atoms with Gasteiger partial charge in [-0.15, -0.1) is 0 Å². The number of hydrogen-bond acceptors (Lipinski definition) is 5. The van der Waals surface area contributed by atoms with Crippen molar-refractivity contribution >= 4 is 5.91 Å². The summed E-state index contributed by atoms with van der Waals surface area (Å²) in [5.74, 6) is 1.59. The number of likely N-dealkylation sites (N-methyl/N-ethyl adjacent to an activating group) is 1. The van der Waals surface area contributed by atoms with Crippen molar-refractivity contribution < 1.29 is 14.3 Å². The fourth-order valence-corrected chi connectivity index (χ4v) is 3.94. The molecule has 0 N–H and O–H groups in total. The van der Waals surface area contributed by atoms with Crippen LogP contribution in [0.15, 0.2) is 30.6 Å². The predicted molar refractivity (Wildman–Crippen MR) is 117 cm³/mol. The summed E-state index contributed by atoms with van der Waals surface area (Å²) < 4.78 is 12.6. The minimum atomic E-state index is 0.0832. The van der Waals surface area contributed by atoms with E-state index in [0.717, 1.165) is 50.4 Å². The van der Waals surface area contributed by atoms with E-state index in [1.807, 2.05) is 27.9 Å². The largest absolute Gasteiger partial charge is 0.493 e. The number of nitrogens with zero attached hydrogens (tertiary/aromatic N) is 4. The highest BCUT2D eigenvalue weighted by Crippen LogP contribution is 2.28. The van der Waals surface area contributed by atoms with Gasteiger partial charge in [-0.3, -0.25) is 9.48 Å². The Morgan fingerprint density at radius 1 is 1.27 bits per heavy atom. The molecule has 0 spiro atoms. The lowest BCUT2D eigenvalue weighted by Crippen LogP contribution is -2.49. The quantitative estimate of drug-likeness (QED) is 0.664. The third-order valence-corrected chi connectivity index (χ3v) is 5.89. The maximum Gasteiger partial charge on any atom is 0.257 e. The molecule has 1 amide bonds. The molecule has 0 bridgehead atoms. The molecule has 1 fully saturated rings. The van der Waals surface area contributed by atoms with Crippen LogP contribution in [0.1, 0.15) is 48.7 Å². The van der Waals surface area contributed by atoms with Gasteiger partial charge in [0.2, 0.25) is 0 Å². The first-order valence-electron chi connectivity index (χ1n) is 10.7. The first kappa shape index (κ1) is 22.2. The van der Waals surface area contributed by atoms with Crippen LogP contribution in [0.25, 0.3) is 0 Å². The number of ether oxygens (including phenoxy) is 2. The number of methoxy groups -OCH3 is 2. The maximum atomic E-state index is 12.9. The van der Waals surface area contributed by atoms with E-state index < -0.39 is 0 Å². The van der Waals surface area contributed by atoms with E-state index in [1.54, 1.807) is 20.4 Å². The number of likely N-dealkylation sites (tertiary alicyclic amines) is 1. The molecule has 1 aromatic carbocycles. The van der Waals surface area contributed by atoms with Crippen LogP contribution in [0.3, 0.4) is 0 Å². The molecular formula is C23H34N4O3. The van der Waals surface area contributed by atoms with Gasteiger partial charge in [-0.1, -0.05) is 6.07 Å². The molecule has 0 radical (unpaired) electrons. The Morgan fingerprint density at radius 3 is 2.70 bits per heavy atom. The highest BCUT2D eigenvalue weighted by atomic mass is 16.5. The molecule has 2 heterocycles. The summed E-state index contributed by atoms with van der Waals surface area (Å²) in [7, 11) is 5.46. The zero-order valence-electron chi connectivity index (χ0n) is 18.8. The van der Waals surface area contributed by atoms with Crippen molar-refractivity contribution in [2.75, 3.05) is 40.9 Å². The zero-order chi connectivity index (χ0) is 21.7. The molecule has 3 rings (SSSR count). The summed E-state index contributed by atoms with van der Waals surface area (Å²) in [6, 6.07) is 6.69. The highest BCUT2D eigenvalue weighted by Gasteiger charge is 2.27. The summed E-state index contributed by atoms with van der Waals surface area (Å²) in [6.45, 7) is 6.62. The molecule has 1 aliphatic rings. The van der Waals surface area contributed by atoms with Gasteiger partial charge < -0.3 is 19.3 Å². The number of piperidine rings is 1. The summed E-state index contributed by atoms with van der Waals surface area (Å²) in [4.78, 5) is 17.3. The molecule has 0 aliphatic carbocycles. The Balaban J connectivity index is 1.57. The van der Waals surface area contributed by atoms with Crippen LogP contribution in [0.4, 0.5) is 0 Å². The fourth-order valence-electron chi connectivity index (χ4n) is 3.94. The Kier molecular flexibility index (Phi) is 7.37. The summed E-state index contributed by atoms with van der Waals surface area (Å²) >= 11 is 0. The second kappa shape index (κ2) is 9.98. The highest BCUT2D eigenvalue weighted by molar-refractivity contribution is 5.93. The maximum absolute atomic E-state index is 12.9. The molecular weight excluding hydrogens is 380 g/mol. The molecule has 1 saturated heterocycles. The van der Waals surface area contributed by atoms with Crippen molar-refractivity contribution in [1.29, 1.82) is 0 Å². The molecule has 1 aromatic heterocycles. The molecule has 30 heavy (non-hydrogen) atoms. The number of carbonyl (C=O) groups excluding carboxylic acids is 1. The van der Waals surface area contributed by atoms with E-state index in [9.17, 15) is 4.79 Å². The zero-order valence-corrected chi connectivity index (χ0v) is 18.8. The molecule has 1 atom stereocenters. The normalized spacial score (nSPS) is 16.9. The van der Waals surface area contributed by atoms with Crippen molar-refractivity contribution in [3.8, 4) is 11.5 Å². The second-order valence-electron chi connectivity index (χ2n) is 8.27. The second-order valence-corrected chi connectivity index (χ2v) is 8.27. The third-order valence-electron chi connectivity index (χ3n) is 5.89. The smallest absolute Gasteiger partial charge is 0.257 e. The Morgan fingerprint density at radius 2 is 2.03 bits per heavy atom. The van der Waals surface area contributed by atoms with Crippen molar-refractivity contribution in [3.63, 3.8) is 0 Å². The van der Waals surface area contributed by atoms with E-state index in [1.165, 1.54) is 5.56 Å². The Bertz CT molecular complexity index is 849. The lowest BCUT2D eigenvalue weighted by atomic mass is 10.0. The molecule has 7 nitrogen and oxygen atoms in total. The van der Waals surface area contributed by atoms with E-state index in [0.29, 0.717) is 11.6 Å². The van der Waals surface area contributed by atoms with Gasteiger partial charge in [-0.25, -0.2) is 0 Å². The van der Waals surface area contributed by atoms with Gasteiger partial charge >= 0.3 is 0 Å². The summed E-state index contributed by atoms with van der Waals surface area (Å²) in [6.07, 6.45) is 6.60. The van der Waals surface area contributed by atoms with E-state index in [2.05, 4.69) is 37.0 Å². The van der Waals surface area contributed by atoms with Crippen LogP contribution in [0.5, 0.6) is 11.5 Å². The lowest BCUT2D eigenvalue weighted by molar-refractivity contribution is 0.0611. The molecule has 0 unspecified atom stereocenters. The monoisotopic (exact) mass is 414 g/mol.